The summed E-state index contributed by atoms with van der Waals surface area (Å²) in [5, 5.41) is 17.6. The maximum atomic E-state index is 10.3. The molecule has 0 bridgehead atoms. The highest BCUT2D eigenvalue weighted by Crippen LogP contribution is 2.23. The van der Waals surface area contributed by atoms with Gasteiger partial charge in [0.15, 0.2) is 6.61 Å². The minimum absolute atomic E-state index is 0.0868. The fraction of sp³-hybridized carbons (Fsp3) is 0.182. The minimum Gasteiger partial charge on any atom is -0.482 e. The van der Waals surface area contributed by atoms with Crippen LogP contribution in [0.4, 0.5) is 0 Å². The Balaban J connectivity index is 2.80. The van der Waals surface area contributed by atoms with Crippen LogP contribution in [0.15, 0.2) is 24.3 Å². The van der Waals surface area contributed by atoms with Gasteiger partial charge in [0.25, 0.3) is 0 Å². The van der Waals surface area contributed by atoms with Crippen molar-refractivity contribution in [2.24, 2.45) is 0 Å². The van der Waals surface area contributed by atoms with Gasteiger partial charge in [-0.1, -0.05) is 23.8 Å². The van der Waals surface area contributed by atoms with Gasteiger partial charge in [-0.25, -0.2) is 4.79 Å². The molecular weight excluding hydrogens is 232 g/mol. The quantitative estimate of drug-likeness (QED) is 0.826. The molecule has 0 radical (unpaired) electrons. The largest absolute Gasteiger partial charge is 0.482 e. The van der Waals surface area contributed by atoms with Crippen LogP contribution in [0.2, 0.25) is 5.02 Å². The molecular formula is C11H11ClO4. The van der Waals surface area contributed by atoms with Crippen LogP contribution in [0.25, 0.3) is 6.08 Å². The molecule has 1 rings (SSSR count). The van der Waals surface area contributed by atoms with Gasteiger partial charge in [-0.05, 0) is 23.8 Å². The lowest BCUT2D eigenvalue weighted by Gasteiger charge is -2.05. The number of aliphatic hydroxyl groups is 1. The molecule has 0 saturated carbocycles. The van der Waals surface area contributed by atoms with E-state index in [9.17, 15) is 4.79 Å². The molecule has 86 valence electrons. The molecule has 0 saturated heterocycles. The molecule has 0 aromatic heterocycles. The van der Waals surface area contributed by atoms with E-state index in [1.165, 1.54) is 6.08 Å². The number of aliphatic hydroxyl groups excluding tert-OH is 1. The number of hydrogen-bond donors (Lipinski definition) is 2. The molecule has 0 spiro atoms. The summed E-state index contributed by atoms with van der Waals surface area (Å²) in [7, 11) is 0. The number of aliphatic carboxylic acids is 1. The van der Waals surface area contributed by atoms with E-state index in [0.717, 1.165) is 0 Å². The fourth-order valence-corrected chi connectivity index (χ4v) is 1.24. The van der Waals surface area contributed by atoms with Crippen LogP contribution in [-0.4, -0.2) is 29.4 Å². The standard InChI is InChI=1S/C11H11ClO4/c12-10-4-3-9(16-7-11(14)15)6-8(10)2-1-5-13/h1-4,6,13H,5,7H2,(H,14,15). The van der Waals surface area contributed by atoms with Crippen LogP contribution < -0.4 is 4.74 Å². The summed E-state index contributed by atoms with van der Waals surface area (Å²) in [6, 6.07) is 4.80. The number of ether oxygens (including phenoxy) is 1. The van der Waals surface area contributed by atoms with Gasteiger partial charge in [0, 0.05) is 5.02 Å². The highest BCUT2D eigenvalue weighted by Gasteiger charge is 2.02. The number of carboxylic acids is 1. The minimum atomic E-state index is -1.04. The molecule has 2 N–H and O–H groups in total. The second-order valence-electron chi connectivity index (χ2n) is 2.95. The van der Waals surface area contributed by atoms with Crippen molar-refractivity contribution in [3.05, 3.63) is 34.9 Å². The van der Waals surface area contributed by atoms with E-state index in [1.807, 2.05) is 0 Å². The van der Waals surface area contributed by atoms with Crippen molar-refractivity contribution in [2.45, 2.75) is 0 Å². The smallest absolute Gasteiger partial charge is 0.341 e. The molecule has 1 aromatic rings. The number of carboxylic acid groups (broad SMARTS) is 1. The Morgan fingerprint density at radius 3 is 2.88 bits per heavy atom. The molecule has 0 aliphatic rings. The average Bonchev–Trinajstić information content (AvgIpc) is 2.26. The summed E-state index contributed by atoms with van der Waals surface area (Å²) < 4.78 is 4.99. The molecule has 0 fully saturated rings. The summed E-state index contributed by atoms with van der Waals surface area (Å²) in [4.78, 5) is 10.3. The van der Waals surface area contributed by atoms with Crippen LogP contribution in [-0.2, 0) is 4.79 Å². The van der Waals surface area contributed by atoms with E-state index in [1.54, 1.807) is 24.3 Å². The summed E-state index contributed by atoms with van der Waals surface area (Å²) in [6.07, 6.45) is 3.16. The van der Waals surface area contributed by atoms with Crippen molar-refractivity contribution >= 4 is 23.6 Å². The number of hydrogen-bond acceptors (Lipinski definition) is 3. The molecule has 0 atom stereocenters. The van der Waals surface area contributed by atoms with Gasteiger partial charge in [0.05, 0.1) is 6.61 Å². The second-order valence-corrected chi connectivity index (χ2v) is 3.36. The zero-order chi connectivity index (χ0) is 12.0. The van der Waals surface area contributed by atoms with Gasteiger partial charge >= 0.3 is 5.97 Å². The van der Waals surface area contributed by atoms with Crippen LogP contribution in [0.1, 0.15) is 5.56 Å². The Kier molecular flexibility index (Phi) is 4.82. The number of benzene rings is 1. The van der Waals surface area contributed by atoms with Crippen molar-refractivity contribution in [1.29, 1.82) is 0 Å². The Labute approximate surface area is 97.7 Å². The first kappa shape index (κ1) is 12.5. The van der Waals surface area contributed by atoms with Gasteiger partial charge in [-0.2, -0.15) is 0 Å². The zero-order valence-corrected chi connectivity index (χ0v) is 9.15. The second kappa shape index (κ2) is 6.15. The van der Waals surface area contributed by atoms with E-state index in [0.29, 0.717) is 16.3 Å². The molecule has 0 amide bonds. The molecule has 0 heterocycles. The third-order valence-corrected chi connectivity index (χ3v) is 2.08. The first-order valence-electron chi connectivity index (χ1n) is 4.55. The first-order chi connectivity index (χ1) is 7.63. The van der Waals surface area contributed by atoms with Gasteiger partial charge in [0.1, 0.15) is 5.75 Å². The van der Waals surface area contributed by atoms with Gasteiger partial charge in [-0.15, -0.1) is 0 Å². The zero-order valence-electron chi connectivity index (χ0n) is 8.39. The molecule has 16 heavy (non-hydrogen) atoms. The van der Waals surface area contributed by atoms with E-state index in [2.05, 4.69) is 0 Å². The van der Waals surface area contributed by atoms with Crippen molar-refractivity contribution in [3.63, 3.8) is 0 Å². The monoisotopic (exact) mass is 242 g/mol. The topological polar surface area (TPSA) is 66.8 Å². The van der Waals surface area contributed by atoms with E-state index >= 15 is 0 Å². The van der Waals surface area contributed by atoms with Crippen molar-refractivity contribution in [3.8, 4) is 5.75 Å². The molecule has 0 aliphatic heterocycles. The lowest BCUT2D eigenvalue weighted by atomic mass is 10.2. The maximum Gasteiger partial charge on any atom is 0.341 e. The van der Waals surface area contributed by atoms with Crippen molar-refractivity contribution in [1.82, 2.24) is 0 Å². The van der Waals surface area contributed by atoms with E-state index < -0.39 is 12.6 Å². The lowest BCUT2D eigenvalue weighted by molar-refractivity contribution is -0.139. The third kappa shape index (κ3) is 3.92. The van der Waals surface area contributed by atoms with Crippen LogP contribution in [0, 0.1) is 0 Å². The predicted molar refractivity (Wildman–Crippen MR) is 60.7 cm³/mol. The Hall–Kier alpha value is -1.52. The lowest BCUT2D eigenvalue weighted by Crippen LogP contribution is -2.09. The maximum absolute atomic E-state index is 10.3. The summed E-state index contributed by atoms with van der Waals surface area (Å²) in [5.74, 6) is -0.619. The van der Waals surface area contributed by atoms with Gasteiger partial charge in [0.2, 0.25) is 0 Å². The Morgan fingerprint density at radius 2 is 2.25 bits per heavy atom. The highest BCUT2D eigenvalue weighted by atomic mass is 35.5. The van der Waals surface area contributed by atoms with Crippen LogP contribution in [0.5, 0.6) is 5.75 Å². The molecule has 4 nitrogen and oxygen atoms in total. The van der Waals surface area contributed by atoms with Crippen molar-refractivity contribution in [2.75, 3.05) is 13.2 Å². The number of halogens is 1. The van der Waals surface area contributed by atoms with Crippen LogP contribution in [0.3, 0.4) is 0 Å². The van der Waals surface area contributed by atoms with Crippen LogP contribution >= 0.6 is 11.6 Å². The number of rotatable bonds is 5. The fourth-order valence-electron chi connectivity index (χ4n) is 1.06. The van der Waals surface area contributed by atoms with Gasteiger partial charge < -0.3 is 14.9 Å². The van der Waals surface area contributed by atoms with E-state index in [-0.39, 0.29) is 6.61 Å². The first-order valence-corrected chi connectivity index (χ1v) is 4.93. The summed E-state index contributed by atoms with van der Waals surface area (Å²) in [6.45, 7) is -0.485. The predicted octanol–water partition coefficient (Wildman–Crippen LogP) is 1.81. The van der Waals surface area contributed by atoms with E-state index in [4.69, 9.17) is 26.6 Å². The number of carbonyl (C=O) groups is 1. The van der Waals surface area contributed by atoms with Gasteiger partial charge in [-0.3, -0.25) is 0 Å². The SMILES string of the molecule is O=C(O)COc1ccc(Cl)c(C=CCO)c1. The van der Waals surface area contributed by atoms with Crippen molar-refractivity contribution < 1.29 is 19.7 Å². The average molecular weight is 243 g/mol. The summed E-state index contributed by atoms with van der Waals surface area (Å²) >= 11 is 5.89. The Morgan fingerprint density at radius 1 is 1.50 bits per heavy atom. The molecule has 0 unspecified atom stereocenters. The molecule has 1 aromatic carbocycles. The normalized spacial score (nSPS) is 10.6. The molecule has 5 heteroatoms. The summed E-state index contributed by atoms with van der Waals surface area (Å²) in [5.41, 5.74) is 0.665. The highest BCUT2D eigenvalue weighted by molar-refractivity contribution is 6.32. The third-order valence-electron chi connectivity index (χ3n) is 1.73. The molecule has 0 aliphatic carbocycles. The Bertz CT molecular complexity index is 401.